The first kappa shape index (κ1) is 11.0. The maximum absolute atomic E-state index is 12.2. The van der Waals surface area contributed by atoms with Crippen LogP contribution in [0.3, 0.4) is 0 Å². The molecular formula is C13H23NO. The predicted molar refractivity (Wildman–Crippen MR) is 61.5 cm³/mol. The third-order valence-electron chi connectivity index (χ3n) is 4.07. The summed E-state index contributed by atoms with van der Waals surface area (Å²) in [7, 11) is 0. The standard InChI is InChI=1S/C13H23NO/c1-3-5-6-14(4-2)13(15)12-8-10-7-11(10)9-12/h10-12H,3-9H2,1-2H3. The van der Waals surface area contributed by atoms with Crippen molar-refractivity contribution >= 4 is 5.91 Å². The summed E-state index contributed by atoms with van der Waals surface area (Å²) >= 11 is 0. The Morgan fingerprint density at radius 2 is 1.87 bits per heavy atom. The predicted octanol–water partition coefficient (Wildman–Crippen LogP) is 2.68. The van der Waals surface area contributed by atoms with Crippen molar-refractivity contribution in [3.63, 3.8) is 0 Å². The molecule has 2 saturated carbocycles. The molecule has 0 heterocycles. The summed E-state index contributed by atoms with van der Waals surface area (Å²) in [5.74, 6) is 2.66. The first-order chi connectivity index (χ1) is 7.26. The highest BCUT2D eigenvalue weighted by Crippen LogP contribution is 2.54. The normalized spacial score (nSPS) is 32.5. The van der Waals surface area contributed by atoms with Crippen LogP contribution in [0.2, 0.25) is 0 Å². The maximum Gasteiger partial charge on any atom is 0.225 e. The average Bonchev–Trinajstić information content (AvgIpc) is 2.86. The lowest BCUT2D eigenvalue weighted by Gasteiger charge is -2.24. The summed E-state index contributed by atoms with van der Waals surface area (Å²) < 4.78 is 0. The molecule has 2 aliphatic rings. The second-order valence-corrected chi connectivity index (χ2v) is 5.20. The Hall–Kier alpha value is -0.530. The van der Waals surface area contributed by atoms with Crippen LogP contribution in [-0.4, -0.2) is 23.9 Å². The summed E-state index contributed by atoms with van der Waals surface area (Å²) in [4.78, 5) is 14.2. The lowest BCUT2D eigenvalue weighted by Crippen LogP contribution is -2.36. The Morgan fingerprint density at radius 1 is 1.20 bits per heavy atom. The zero-order chi connectivity index (χ0) is 10.8. The van der Waals surface area contributed by atoms with Crippen molar-refractivity contribution in [3.8, 4) is 0 Å². The third kappa shape index (κ3) is 2.35. The SMILES string of the molecule is CCCCN(CC)C(=O)C1CC2CC2C1. The number of carbonyl (C=O) groups is 1. The van der Waals surface area contributed by atoms with Crippen molar-refractivity contribution < 1.29 is 4.79 Å². The van der Waals surface area contributed by atoms with E-state index in [1.165, 1.54) is 25.7 Å². The number of hydrogen-bond donors (Lipinski definition) is 0. The first-order valence-corrected chi connectivity index (χ1v) is 6.55. The number of fused-ring (bicyclic) bond motifs is 1. The van der Waals surface area contributed by atoms with Gasteiger partial charge in [0.2, 0.25) is 5.91 Å². The monoisotopic (exact) mass is 209 g/mol. The Morgan fingerprint density at radius 3 is 2.40 bits per heavy atom. The highest BCUT2D eigenvalue weighted by Gasteiger charge is 2.48. The van der Waals surface area contributed by atoms with Crippen LogP contribution >= 0.6 is 0 Å². The highest BCUT2D eigenvalue weighted by atomic mass is 16.2. The smallest absolute Gasteiger partial charge is 0.225 e. The highest BCUT2D eigenvalue weighted by molar-refractivity contribution is 5.79. The van der Waals surface area contributed by atoms with Gasteiger partial charge in [-0.15, -0.1) is 0 Å². The van der Waals surface area contributed by atoms with Crippen LogP contribution in [0, 0.1) is 17.8 Å². The van der Waals surface area contributed by atoms with Crippen molar-refractivity contribution in [3.05, 3.63) is 0 Å². The molecule has 2 atom stereocenters. The number of unbranched alkanes of at least 4 members (excludes halogenated alkanes) is 1. The second kappa shape index (κ2) is 4.54. The van der Waals surface area contributed by atoms with Gasteiger partial charge in [-0.3, -0.25) is 4.79 Å². The molecule has 0 bridgehead atoms. The number of hydrogen-bond acceptors (Lipinski definition) is 1. The summed E-state index contributed by atoms with van der Waals surface area (Å²) in [6.45, 7) is 6.15. The van der Waals surface area contributed by atoms with Crippen molar-refractivity contribution in [2.45, 2.75) is 46.0 Å². The number of rotatable bonds is 5. The number of nitrogens with zero attached hydrogens (tertiary/aromatic N) is 1. The minimum atomic E-state index is 0.380. The van der Waals surface area contributed by atoms with E-state index in [0.717, 1.165) is 31.3 Å². The lowest BCUT2D eigenvalue weighted by atomic mass is 10.0. The molecule has 0 aromatic carbocycles. The number of carbonyl (C=O) groups excluding carboxylic acids is 1. The van der Waals surface area contributed by atoms with Gasteiger partial charge in [-0.05, 0) is 44.4 Å². The van der Waals surface area contributed by atoms with Gasteiger partial charge in [0, 0.05) is 19.0 Å². The van der Waals surface area contributed by atoms with E-state index in [1.807, 2.05) is 0 Å². The molecule has 2 heteroatoms. The Kier molecular flexibility index (Phi) is 3.32. The fourth-order valence-electron chi connectivity index (χ4n) is 2.95. The zero-order valence-electron chi connectivity index (χ0n) is 10.0. The largest absolute Gasteiger partial charge is 0.343 e. The van der Waals surface area contributed by atoms with Gasteiger partial charge in [0.05, 0.1) is 0 Å². The topological polar surface area (TPSA) is 20.3 Å². The van der Waals surface area contributed by atoms with Crippen LogP contribution in [0.15, 0.2) is 0 Å². The van der Waals surface area contributed by atoms with Crippen molar-refractivity contribution in [2.75, 3.05) is 13.1 Å². The van der Waals surface area contributed by atoms with Gasteiger partial charge in [-0.25, -0.2) is 0 Å². The minimum Gasteiger partial charge on any atom is -0.343 e. The van der Waals surface area contributed by atoms with E-state index in [2.05, 4.69) is 18.7 Å². The maximum atomic E-state index is 12.2. The van der Waals surface area contributed by atoms with Gasteiger partial charge in [-0.2, -0.15) is 0 Å². The van der Waals surface area contributed by atoms with Gasteiger partial charge in [0.25, 0.3) is 0 Å². The van der Waals surface area contributed by atoms with Gasteiger partial charge < -0.3 is 4.90 Å². The molecule has 86 valence electrons. The molecule has 2 nitrogen and oxygen atoms in total. The van der Waals surface area contributed by atoms with Crippen LogP contribution in [0.4, 0.5) is 0 Å². The fraction of sp³-hybridized carbons (Fsp3) is 0.923. The molecule has 0 aromatic heterocycles. The van der Waals surface area contributed by atoms with Crippen molar-refractivity contribution in [2.24, 2.45) is 17.8 Å². The van der Waals surface area contributed by atoms with Gasteiger partial charge >= 0.3 is 0 Å². The molecule has 15 heavy (non-hydrogen) atoms. The van der Waals surface area contributed by atoms with E-state index in [-0.39, 0.29) is 0 Å². The van der Waals surface area contributed by atoms with Crippen LogP contribution in [0.1, 0.15) is 46.0 Å². The van der Waals surface area contributed by atoms with Crippen LogP contribution < -0.4 is 0 Å². The Bertz CT molecular complexity index is 229. The van der Waals surface area contributed by atoms with Crippen LogP contribution in [-0.2, 0) is 4.79 Å². The molecule has 0 spiro atoms. The van der Waals surface area contributed by atoms with Gasteiger partial charge in [-0.1, -0.05) is 13.3 Å². The van der Waals surface area contributed by atoms with E-state index in [0.29, 0.717) is 11.8 Å². The fourth-order valence-corrected chi connectivity index (χ4v) is 2.95. The quantitative estimate of drug-likeness (QED) is 0.681. The second-order valence-electron chi connectivity index (χ2n) is 5.20. The van der Waals surface area contributed by atoms with E-state index in [4.69, 9.17) is 0 Å². The molecular weight excluding hydrogens is 186 g/mol. The van der Waals surface area contributed by atoms with E-state index < -0.39 is 0 Å². The molecule has 0 aliphatic heterocycles. The molecule has 1 amide bonds. The molecule has 2 aliphatic carbocycles. The molecule has 0 N–H and O–H groups in total. The van der Waals surface area contributed by atoms with E-state index in [1.54, 1.807) is 0 Å². The number of amides is 1. The molecule has 0 saturated heterocycles. The Balaban J connectivity index is 1.81. The summed E-state index contributed by atoms with van der Waals surface area (Å²) in [5, 5.41) is 0. The van der Waals surface area contributed by atoms with Gasteiger partial charge in [0.1, 0.15) is 0 Å². The minimum absolute atomic E-state index is 0.380. The molecule has 2 fully saturated rings. The van der Waals surface area contributed by atoms with Crippen LogP contribution in [0.5, 0.6) is 0 Å². The lowest BCUT2D eigenvalue weighted by molar-refractivity contribution is -0.135. The van der Waals surface area contributed by atoms with Crippen LogP contribution in [0.25, 0.3) is 0 Å². The first-order valence-electron chi connectivity index (χ1n) is 6.55. The van der Waals surface area contributed by atoms with Gasteiger partial charge in [0.15, 0.2) is 0 Å². The zero-order valence-corrected chi connectivity index (χ0v) is 10.0. The molecule has 0 aromatic rings. The molecule has 0 radical (unpaired) electrons. The molecule has 2 rings (SSSR count). The van der Waals surface area contributed by atoms with Crippen molar-refractivity contribution in [1.29, 1.82) is 0 Å². The average molecular weight is 209 g/mol. The summed E-state index contributed by atoms with van der Waals surface area (Å²) in [6.07, 6.45) is 6.11. The van der Waals surface area contributed by atoms with Crippen molar-refractivity contribution in [1.82, 2.24) is 4.90 Å². The summed E-state index contributed by atoms with van der Waals surface area (Å²) in [5.41, 5.74) is 0. The Labute approximate surface area is 93.0 Å². The third-order valence-corrected chi connectivity index (χ3v) is 4.07. The summed E-state index contributed by atoms with van der Waals surface area (Å²) in [6, 6.07) is 0. The van der Waals surface area contributed by atoms with E-state index >= 15 is 0 Å². The van der Waals surface area contributed by atoms with E-state index in [9.17, 15) is 4.79 Å². The molecule has 2 unspecified atom stereocenters.